The number of hydrogen-bond donors (Lipinski definition) is 1. The fourth-order valence-electron chi connectivity index (χ4n) is 4.14. The molecule has 35 heavy (non-hydrogen) atoms. The van der Waals surface area contributed by atoms with Crippen molar-refractivity contribution in [2.24, 2.45) is 0 Å². The van der Waals surface area contributed by atoms with Gasteiger partial charge in [-0.2, -0.15) is 5.10 Å². The van der Waals surface area contributed by atoms with Crippen molar-refractivity contribution in [1.29, 1.82) is 0 Å². The van der Waals surface area contributed by atoms with Crippen LogP contribution >= 0.6 is 0 Å². The van der Waals surface area contributed by atoms with Gasteiger partial charge < -0.3 is 14.3 Å². The van der Waals surface area contributed by atoms with Gasteiger partial charge in [-0.3, -0.25) is 4.90 Å². The molecule has 0 bridgehead atoms. The van der Waals surface area contributed by atoms with E-state index >= 15 is 0 Å². The number of rotatable bonds is 12. The summed E-state index contributed by atoms with van der Waals surface area (Å²) >= 11 is 0. The number of nitrogens with zero attached hydrogens (tertiary/aromatic N) is 3. The summed E-state index contributed by atoms with van der Waals surface area (Å²) in [6.45, 7) is 5.66. The molecule has 6 nitrogen and oxygen atoms in total. The fraction of sp³-hybridized carbons (Fsp3) is 0.321. The van der Waals surface area contributed by atoms with Crippen LogP contribution in [0.5, 0.6) is 11.6 Å². The van der Waals surface area contributed by atoms with Crippen LogP contribution in [0, 0.1) is 5.82 Å². The molecule has 1 N–H and O–H groups in total. The van der Waals surface area contributed by atoms with Crippen molar-refractivity contribution in [1.82, 2.24) is 14.7 Å². The number of aliphatic hydroxyl groups excluding tert-OH is 1. The Morgan fingerprint density at radius 1 is 1.03 bits per heavy atom. The third-order valence-electron chi connectivity index (χ3n) is 5.82. The van der Waals surface area contributed by atoms with Crippen LogP contribution in [0.3, 0.4) is 0 Å². The van der Waals surface area contributed by atoms with E-state index in [4.69, 9.17) is 14.3 Å². The maximum atomic E-state index is 13.6. The molecule has 0 fully saturated rings. The highest BCUT2D eigenvalue weighted by atomic mass is 19.1. The smallest absolute Gasteiger partial charge is 0.227 e. The molecule has 1 atom stereocenters. The van der Waals surface area contributed by atoms with Gasteiger partial charge in [-0.05, 0) is 61.4 Å². The maximum Gasteiger partial charge on any atom is 0.227 e. The number of aryl methyl sites for hydroxylation is 1. The number of hydrogen-bond acceptors (Lipinski definition) is 5. The third-order valence-corrected chi connectivity index (χ3v) is 5.82. The molecule has 2 aromatic carbocycles. The summed E-state index contributed by atoms with van der Waals surface area (Å²) < 4.78 is 27.4. The van der Waals surface area contributed by atoms with E-state index in [2.05, 4.69) is 18.7 Å². The van der Waals surface area contributed by atoms with Gasteiger partial charge in [0.05, 0.1) is 35.9 Å². The van der Waals surface area contributed by atoms with E-state index in [0.29, 0.717) is 43.4 Å². The molecule has 4 rings (SSSR count). The minimum absolute atomic E-state index is 0.308. The molecule has 0 saturated carbocycles. The first-order valence-corrected chi connectivity index (χ1v) is 12.1. The molecule has 0 aliphatic heterocycles. The molecule has 7 heteroatoms. The highest BCUT2D eigenvalue weighted by molar-refractivity contribution is 5.44. The first-order chi connectivity index (χ1) is 17.1. The summed E-state index contributed by atoms with van der Waals surface area (Å²) in [6.07, 6.45) is 3.52. The van der Waals surface area contributed by atoms with E-state index in [1.54, 1.807) is 23.1 Å². The van der Waals surface area contributed by atoms with Crippen LogP contribution in [0.15, 0.2) is 77.4 Å². The van der Waals surface area contributed by atoms with Crippen LogP contribution < -0.4 is 4.74 Å². The van der Waals surface area contributed by atoms with Crippen molar-refractivity contribution in [2.45, 2.75) is 52.3 Å². The van der Waals surface area contributed by atoms with Gasteiger partial charge in [0.25, 0.3) is 0 Å². The predicted molar refractivity (Wildman–Crippen MR) is 133 cm³/mol. The molecule has 2 aromatic heterocycles. The van der Waals surface area contributed by atoms with Gasteiger partial charge in [-0.1, -0.05) is 38.5 Å². The van der Waals surface area contributed by atoms with Gasteiger partial charge in [0.1, 0.15) is 17.3 Å². The molecule has 184 valence electrons. The average molecular weight is 478 g/mol. The molecule has 0 amide bonds. The Morgan fingerprint density at radius 3 is 2.46 bits per heavy atom. The largest absolute Gasteiger partial charge is 0.468 e. The van der Waals surface area contributed by atoms with Gasteiger partial charge in [0.15, 0.2) is 0 Å². The van der Waals surface area contributed by atoms with E-state index in [1.807, 2.05) is 42.5 Å². The van der Waals surface area contributed by atoms with Gasteiger partial charge in [0, 0.05) is 13.1 Å². The SMILES string of the molecule is CCCC(O)CN(Cc1ccco1)Cc1c(CC)nn(-c2ccc(F)cc2)c1Oc1ccccc1. The lowest BCUT2D eigenvalue weighted by molar-refractivity contribution is 0.0926. The van der Waals surface area contributed by atoms with E-state index in [9.17, 15) is 9.50 Å². The lowest BCUT2D eigenvalue weighted by Crippen LogP contribution is -2.32. The molecular formula is C28H32FN3O3. The zero-order valence-electron chi connectivity index (χ0n) is 20.2. The summed E-state index contributed by atoms with van der Waals surface area (Å²) in [5.74, 6) is 1.78. The summed E-state index contributed by atoms with van der Waals surface area (Å²) in [5.41, 5.74) is 2.52. The molecule has 4 aromatic rings. The second-order valence-corrected chi connectivity index (χ2v) is 8.58. The highest BCUT2D eigenvalue weighted by Crippen LogP contribution is 2.32. The van der Waals surface area contributed by atoms with E-state index in [0.717, 1.165) is 29.9 Å². The van der Waals surface area contributed by atoms with Crippen LogP contribution in [-0.4, -0.2) is 32.4 Å². The van der Waals surface area contributed by atoms with Crippen molar-refractivity contribution >= 4 is 0 Å². The first-order valence-electron chi connectivity index (χ1n) is 12.1. The molecule has 0 aliphatic carbocycles. The zero-order valence-corrected chi connectivity index (χ0v) is 20.2. The highest BCUT2D eigenvalue weighted by Gasteiger charge is 2.24. The Morgan fingerprint density at radius 2 is 1.80 bits per heavy atom. The number of ether oxygens (including phenoxy) is 1. The summed E-state index contributed by atoms with van der Waals surface area (Å²) in [4.78, 5) is 2.15. The molecule has 0 saturated heterocycles. The Balaban J connectivity index is 1.74. The zero-order chi connectivity index (χ0) is 24.6. The number of aliphatic hydroxyl groups is 1. The normalized spacial score (nSPS) is 12.3. The number of para-hydroxylation sites is 1. The molecular weight excluding hydrogens is 445 g/mol. The molecule has 0 aliphatic rings. The second kappa shape index (κ2) is 11.8. The Labute approximate surface area is 205 Å². The van der Waals surface area contributed by atoms with E-state index in [-0.39, 0.29) is 5.82 Å². The summed E-state index contributed by atoms with van der Waals surface area (Å²) in [6, 6.07) is 19.6. The standard InChI is InChI=1S/C28H32FN3O3/c1-3-9-23(33)18-31(19-25-12-8-17-34-25)20-26-27(4-2)30-32(22-15-13-21(29)14-16-22)28(26)35-24-10-6-5-7-11-24/h5-8,10-17,23,33H,3-4,9,18-20H2,1-2H3. The lowest BCUT2D eigenvalue weighted by atomic mass is 10.1. The van der Waals surface area contributed by atoms with E-state index in [1.165, 1.54) is 12.1 Å². The predicted octanol–water partition coefficient (Wildman–Crippen LogP) is 6.12. The minimum atomic E-state index is -0.453. The number of aromatic nitrogens is 2. The average Bonchev–Trinajstić information content (AvgIpc) is 3.49. The summed E-state index contributed by atoms with van der Waals surface area (Å²) in [7, 11) is 0. The monoisotopic (exact) mass is 477 g/mol. The number of benzene rings is 2. The van der Waals surface area contributed by atoms with Crippen LogP contribution in [0.4, 0.5) is 4.39 Å². The van der Waals surface area contributed by atoms with Gasteiger partial charge in [0.2, 0.25) is 5.88 Å². The minimum Gasteiger partial charge on any atom is -0.468 e. The summed E-state index contributed by atoms with van der Waals surface area (Å²) in [5, 5.41) is 15.5. The van der Waals surface area contributed by atoms with Crippen molar-refractivity contribution in [2.75, 3.05) is 6.54 Å². The van der Waals surface area contributed by atoms with E-state index < -0.39 is 6.10 Å². The number of halogens is 1. The van der Waals surface area contributed by atoms with Crippen molar-refractivity contribution in [3.05, 3.63) is 95.8 Å². The van der Waals surface area contributed by atoms with Crippen LogP contribution in [0.25, 0.3) is 5.69 Å². The topological polar surface area (TPSA) is 63.7 Å². The molecule has 2 heterocycles. The number of furan rings is 1. The lowest BCUT2D eigenvalue weighted by Gasteiger charge is -2.24. The Hall–Kier alpha value is -3.42. The quantitative estimate of drug-likeness (QED) is 0.266. The second-order valence-electron chi connectivity index (χ2n) is 8.58. The van der Waals surface area contributed by atoms with Crippen molar-refractivity contribution < 1.29 is 18.7 Å². The van der Waals surface area contributed by atoms with Crippen LogP contribution in [0.1, 0.15) is 43.7 Å². The molecule has 0 spiro atoms. The Kier molecular flexibility index (Phi) is 8.34. The van der Waals surface area contributed by atoms with Crippen LogP contribution in [-0.2, 0) is 19.5 Å². The third kappa shape index (κ3) is 6.38. The molecule has 0 radical (unpaired) electrons. The van der Waals surface area contributed by atoms with Crippen molar-refractivity contribution in [3.63, 3.8) is 0 Å². The fourth-order valence-corrected chi connectivity index (χ4v) is 4.14. The van der Waals surface area contributed by atoms with Gasteiger partial charge in [-0.25, -0.2) is 9.07 Å². The Bertz CT molecular complexity index is 1170. The first kappa shape index (κ1) is 24.7. The maximum absolute atomic E-state index is 13.6. The van der Waals surface area contributed by atoms with Gasteiger partial charge in [-0.15, -0.1) is 0 Å². The molecule has 1 unspecified atom stereocenters. The van der Waals surface area contributed by atoms with Gasteiger partial charge >= 0.3 is 0 Å². The van der Waals surface area contributed by atoms with Crippen molar-refractivity contribution in [3.8, 4) is 17.3 Å². The van der Waals surface area contributed by atoms with Crippen LogP contribution in [0.2, 0.25) is 0 Å².